The van der Waals surface area contributed by atoms with Crippen LogP contribution >= 0.6 is 0 Å². The molecule has 2 amide bonds. The van der Waals surface area contributed by atoms with Gasteiger partial charge in [0.1, 0.15) is 0 Å². The van der Waals surface area contributed by atoms with E-state index in [9.17, 15) is 18.0 Å². The Labute approximate surface area is 188 Å². The van der Waals surface area contributed by atoms with Gasteiger partial charge in [-0.05, 0) is 63.3 Å². The summed E-state index contributed by atoms with van der Waals surface area (Å²) < 4.78 is 27.4. The summed E-state index contributed by atoms with van der Waals surface area (Å²) in [7, 11) is -3.24. The number of rotatable bonds is 6. The molecule has 0 aliphatic carbocycles. The number of hydrogen-bond donors (Lipinski definition) is 2. The zero-order valence-electron chi connectivity index (χ0n) is 18.4. The van der Waals surface area contributed by atoms with Gasteiger partial charge in [-0.15, -0.1) is 0 Å². The largest absolute Gasteiger partial charge is 0.352 e. The molecule has 1 saturated heterocycles. The first-order valence-corrected chi connectivity index (χ1v) is 12.6. The maximum absolute atomic E-state index is 12.6. The summed E-state index contributed by atoms with van der Waals surface area (Å²) in [4.78, 5) is 25.0. The predicted octanol–water partition coefficient (Wildman–Crippen LogP) is 1.55. The van der Waals surface area contributed by atoms with Crippen molar-refractivity contribution in [3.8, 4) is 0 Å². The number of sulfonamides is 1. The van der Waals surface area contributed by atoms with Crippen LogP contribution in [0.15, 0.2) is 30.5 Å². The van der Waals surface area contributed by atoms with Crippen molar-refractivity contribution >= 4 is 27.5 Å². The molecule has 3 heterocycles. The van der Waals surface area contributed by atoms with Crippen LogP contribution in [0.5, 0.6) is 0 Å². The third kappa shape index (κ3) is 4.64. The Morgan fingerprint density at radius 2 is 1.91 bits per heavy atom. The Morgan fingerprint density at radius 3 is 2.56 bits per heavy atom. The average Bonchev–Trinajstić information content (AvgIpc) is 3.33. The standard InChI is InChI=1S/C22H29N5O4S/c1-15(2)25-22(29)19-14-24-26-10-8-16(12-20(19)26)13-23-21(28)17-4-6-18(7-5-17)27-9-3-11-32(27,30)31/h4-7,14-16H,3,8-13H2,1-2H3,(H,23,28)(H,25,29). The van der Waals surface area contributed by atoms with Gasteiger partial charge in [0.25, 0.3) is 11.8 Å². The smallest absolute Gasteiger partial charge is 0.254 e. The lowest BCUT2D eigenvalue weighted by molar-refractivity contribution is 0.0930. The number of anilines is 1. The molecule has 1 aromatic carbocycles. The fourth-order valence-corrected chi connectivity index (χ4v) is 5.82. The van der Waals surface area contributed by atoms with Gasteiger partial charge in [0.2, 0.25) is 10.0 Å². The molecular weight excluding hydrogens is 430 g/mol. The second kappa shape index (κ2) is 8.93. The normalized spacial score (nSPS) is 19.6. The fraction of sp³-hybridized carbons (Fsp3) is 0.500. The van der Waals surface area contributed by atoms with Crippen LogP contribution in [0.3, 0.4) is 0 Å². The molecule has 0 saturated carbocycles. The summed E-state index contributed by atoms with van der Waals surface area (Å²) in [6.45, 7) is 5.52. The Bertz CT molecular complexity index is 1110. The minimum atomic E-state index is -3.24. The topological polar surface area (TPSA) is 113 Å². The second-order valence-electron chi connectivity index (χ2n) is 8.71. The van der Waals surface area contributed by atoms with Gasteiger partial charge >= 0.3 is 0 Å². The molecule has 4 rings (SSSR count). The zero-order chi connectivity index (χ0) is 22.9. The molecule has 1 fully saturated rings. The summed E-state index contributed by atoms with van der Waals surface area (Å²) in [6.07, 6.45) is 3.78. The van der Waals surface area contributed by atoms with E-state index >= 15 is 0 Å². The average molecular weight is 460 g/mol. The quantitative estimate of drug-likeness (QED) is 0.681. The first-order chi connectivity index (χ1) is 15.2. The molecule has 2 aromatic rings. The van der Waals surface area contributed by atoms with Crippen molar-refractivity contribution in [2.24, 2.45) is 5.92 Å². The molecule has 2 N–H and O–H groups in total. The Kier molecular flexibility index (Phi) is 6.23. The Balaban J connectivity index is 1.35. The predicted molar refractivity (Wildman–Crippen MR) is 121 cm³/mol. The van der Waals surface area contributed by atoms with Gasteiger partial charge in [-0.3, -0.25) is 18.6 Å². The highest BCUT2D eigenvalue weighted by Gasteiger charge is 2.29. The van der Waals surface area contributed by atoms with Crippen LogP contribution in [0.1, 0.15) is 53.1 Å². The number of fused-ring (bicyclic) bond motifs is 1. The third-order valence-corrected chi connectivity index (χ3v) is 7.78. The van der Waals surface area contributed by atoms with E-state index in [4.69, 9.17) is 0 Å². The maximum Gasteiger partial charge on any atom is 0.254 e. The van der Waals surface area contributed by atoms with E-state index in [0.29, 0.717) is 49.3 Å². The van der Waals surface area contributed by atoms with Gasteiger partial charge in [-0.2, -0.15) is 5.10 Å². The molecular formula is C22H29N5O4S. The highest BCUT2D eigenvalue weighted by molar-refractivity contribution is 7.93. The number of carbonyl (C=O) groups is 2. The van der Waals surface area contributed by atoms with Crippen molar-refractivity contribution in [3.05, 3.63) is 47.3 Å². The molecule has 2 aliphatic heterocycles. The van der Waals surface area contributed by atoms with Gasteiger partial charge in [0.05, 0.1) is 28.9 Å². The van der Waals surface area contributed by atoms with Gasteiger partial charge < -0.3 is 10.6 Å². The van der Waals surface area contributed by atoms with E-state index in [1.807, 2.05) is 18.5 Å². The highest BCUT2D eigenvalue weighted by Crippen LogP contribution is 2.25. The molecule has 2 aliphatic rings. The lowest BCUT2D eigenvalue weighted by Crippen LogP contribution is -2.35. The van der Waals surface area contributed by atoms with Crippen molar-refractivity contribution < 1.29 is 18.0 Å². The number of benzene rings is 1. The third-order valence-electron chi connectivity index (χ3n) is 5.91. The zero-order valence-corrected chi connectivity index (χ0v) is 19.2. The summed E-state index contributed by atoms with van der Waals surface area (Å²) >= 11 is 0. The first-order valence-electron chi connectivity index (χ1n) is 11.0. The molecule has 0 bridgehead atoms. The van der Waals surface area contributed by atoms with Crippen LogP contribution in [0, 0.1) is 5.92 Å². The number of hydrogen-bond acceptors (Lipinski definition) is 5. The van der Waals surface area contributed by atoms with Crippen LogP contribution in [0.2, 0.25) is 0 Å². The number of amides is 2. The number of nitrogens with zero attached hydrogens (tertiary/aromatic N) is 3. The second-order valence-corrected chi connectivity index (χ2v) is 10.7. The van der Waals surface area contributed by atoms with E-state index in [-0.39, 0.29) is 29.5 Å². The molecule has 1 atom stereocenters. The van der Waals surface area contributed by atoms with Crippen molar-refractivity contribution in [2.75, 3.05) is 23.1 Å². The van der Waals surface area contributed by atoms with E-state index in [1.165, 1.54) is 4.31 Å². The summed E-state index contributed by atoms with van der Waals surface area (Å²) in [5, 5.41) is 10.2. The summed E-state index contributed by atoms with van der Waals surface area (Å²) in [6, 6.07) is 6.72. The van der Waals surface area contributed by atoms with Crippen molar-refractivity contribution in [3.63, 3.8) is 0 Å². The maximum atomic E-state index is 12.6. The van der Waals surface area contributed by atoms with Gasteiger partial charge in [-0.1, -0.05) is 0 Å². The highest BCUT2D eigenvalue weighted by atomic mass is 32.2. The van der Waals surface area contributed by atoms with Crippen molar-refractivity contribution in [1.82, 2.24) is 20.4 Å². The fourth-order valence-electron chi connectivity index (χ4n) is 4.25. The first kappa shape index (κ1) is 22.3. The van der Waals surface area contributed by atoms with Crippen molar-refractivity contribution in [1.29, 1.82) is 0 Å². The minimum absolute atomic E-state index is 0.0497. The lowest BCUT2D eigenvalue weighted by Gasteiger charge is -2.24. The van der Waals surface area contributed by atoms with Crippen LogP contribution < -0.4 is 14.9 Å². The molecule has 32 heavy (non-hydrogen) atoms. The minimum Gasteiger partial charge on any atom is -0.352 e. The summed E-state index contributed by atoms with van der Waals surface area (Å²) in [5.74, 6) is 0.0580. The van der Waals surface area contributed by atoms with Crippen LogP contribution in [-0.2, 0) is 23.0 Å². The van der Waals surface area contributed by atoms with Crippen LogP contribution in [-0.4, -0.2) is 54.9 Å². The van der Waals surface area contributed by atoms with Gasteiger partial charge in [0.15, 0.2) is 0 Å². The van der Waals surface area contributed by atoms with Crippen LogP contribution in [0.25, 0.3) is 0 Å². The van der Waals surface area contributed by atoms with Crippen LogP contribution in [0.4, 0.5) is 5.69 Å². The molecule has 172 valence electrons. The molecule has 1 aromatic heterocycles. The summed E-state index contributed by atoms with van der Waals surface area (Å²) in [5.41, 5.74) is 2.59. The monoisotopic (exact) mass is 459 g/mol. The van der Waals surface area contributed by atoms with E-state index in [2.05, 4.69) is 15.7 Å². The number of carbonyl (C=O) groups excluding carboxylic acids is 2. The molecule has 1 unspecified atom stereocenters. The van der Waals surface area contributed by atoms with Gasteiger partial charge in [0, 0.05) is 31.2 Å². The van der Waals surface area contributed by atoms with Crippen molar-refractivity contribution in [2.45, 2.75) is 45.7 Å². The van der Waals surface area contributed by atoms with E-state index in [0.717, 1.165) is 12.1 Å². The lowest BCUT2D eigenvalue weighted by atomic mass is 9.94. The van der Waals surface area contributed by atoms with Gasteiger partial charge in [-0.25, -0.2) is 8.42 Å². The molecule has 0 spiro atoms. The van der Waals surface area contributed by atoms with E-state index < -0.39 is 10.0 Å². The SMILES string of the molecule is CC(C)NC(=O)c1cnn2c1CC(CNC(=O)c1ccc(N3CCCS3(=O)=O)cc1)CC2. The molecule has 10 heteroatoms. The van der Waals surface area contributed by atoms with E-state index in [1.54, 1.807) is 30.5 Å². The number of nitrogens with one attached hydrogen (secondary N) is 2. The number of aryl methyl sites for hydroxylation is 1. The molecule has 0 radical (unpaired) electrons. The molecule has 9 nitrogen and oxygen atoms in total. The number of aromatic nitrogens is 2. The Morgan fingerprint density at radius 1 is 1.16 bits per heavy atom. The Hall–Kier alpha value is -2.88.